The Morgan fingerprint density at radius 2 is 2.19 bits per heavy atom. The van der Waals surface area contributed by atoms with E-state index in [1.807, 2.05) is 30.1 Å². The van der Waals surface area contributed by atoms with Crippen LogP contribution in [0.1, 0.15) is 29.3 Å². The molecule has 21 heavy (non-hydrogen) atoms. The summed E-state index contributed by atoms with van der Waals surface area (Å²) < 4.78 is 2.06. The number of aryl methyl sites for hydroxylation is 1. The Morgan fingerprint density at radius 3 is 3.10 bits per heavy atom. The molecule has 0 amide bonds. The molecule has 2 aromatic heterocycles. The Labute approximate surface area is 128 Å². The van der Waals surface area contributed by atoms with Crippen LogP contribution in [0.3, 0.4) is 0 Å². The molecule has 0 bridgehead atoms. The lowest BCUT2D eigenvalue weighted by Gasteiger charge is -2.26. The van der Waals surface area contributed by atoms with E-state index in [-0.39, 0.29) is 0 Å². The molecule has 1 unspecified atom stereocenters. The quantitative estimate of drug-likeness (QED) is 0.775. The third kappa shape index (κ3) is 2.36. The lowest BCUT2D eigenvalue weighted by Crippen LogP contribution is -2.16. The fraction of sp³-hybridized carbons (Fsp3) is 0.235. The van der Waals surface area contributed by atoms with Gasteiger partial charge in [0.15, 0.2) is 0 Å². The van der Waals surface area contributed by atoms with Gasteiger partial charge in [0.05, 0.1) is 23.7 Å². The zero-order valence-corrected chi connectivity index (χ0v) is 12.5. The molecular weight excluding hydrogens is 278 g/mol. The average Bonchev–Trinajstić information content (AvgIpc) is 3.20. The van der Waals surface area contributed by atoms with E-state index in [0.29, 0.717) is 6.04 Å². The summed E-state index contributed by atoms with van der Waals surface area (Å²) in [4.78, 5) is 5.69. The van der Waals surface area contributed by atoms with E-state index in [9.17, 15) is 0 Å². The van der Waals surface area contributed by atoms with Crippen molar-refractivity contribution in [1.29, 1.82) is 0 Å². The van der Waals surface area contributed by atoms with Crippen LogP contribution in [0.5, 0.6) is 0 Å². The highest BCUT2D eigenvalue weighted by atomic mass is 32.1. The van der Waals surface area contributed by atoms with E-state index >= 15 is 0 Å². The number of aromatic nitrogens is 2. The molecular formula is C17H17N3S. The Morgan fingerprint density at radius 1 is 1.24 bits per heavy atom. The standard InChI is InChI=1S/C17H17N3S/c1-2-6-16(20-10-9-18-12-20)15(4-1)19-14-5-3-7-17-13(14)8-11-21-17/h1-2,4,6,8-12,14,19H,3,5,7H2. The van der Waals surface area contributed by atoms with Crippen molar-refractivity contribution in [2.24, 2.45) is 0 Å². The minimum atomic E-state index is 0.421. The van der Waals surface area contributed by atoms with E-state index in [2.05, 4.69) is 50.6 Å². The summed E-state index contributed by atoms with van der Waals surface area (Å²) in [5.74, 6) is 0. The Kier molecular flexibility index (Phi) is 3.24. The van der Waals surface area contributed by atoms with Gasteiger partial charge < -0.3 is 9.88 Å². The van der Waals surface area contributed by atoms with Crippen molar-refractivity contribution in [3.63, 3.8) is 0 Å². The number of anilines is 1. The largest absolute Gasteiger partial charge is 0.377 e. The smallest absolute Gasteiger partial charge is 0.0992 e. The van der Waals surface area contributed by atoms with Gasteiger partial charge in [-0.3, -0.25) is 0 Å². The van der Waals surface area contributed by atoms with E-state index in [0.717, 1.165) is 5.69 Å². The van der Waals surface area contributed by atoms with Crippen molar-refractivity contribution in [1.82, 2.24) is 9.55 Å². The molecule has 2 heterocycles. The number of thiophene rings is 1. The maximum absolute atomic E-state index is 4.15. The van der Waals surface area contributed by atoms with Gasteiger partial charge in [-0.25, -0.2) is 4.98 Å². The maximum Gasteiger partial charge on any atom is 0.0992 e. The predicted molar refractivity (Wildman–Crippen MR) is 87.2 cm³/mol. The van der Waals surface area contributed by atoms with Gasteiger partial charge in [0.25, 0.3) is 0 Å². The minimum Gasteiger partial charge on any atom is -0.377 e. The van der Waals surface area contributed by atoms with Crippen molar-refractivity contribution in [3.8, 4) is 5.69 Å². The molecule has 0 aliphatic heterocycles. The van der Waals surface area contributed by atoms with Gasteiger partial charge in [-0.15, -0.1) is 11.3 Å². The van der Waals surface area contributed by atoms with Gasteiger partial charge in [-0.05, 0) is 48.4 Å². The summed E-state index contributed by atoms with van der Waals surface area (Å²) in [6.45, 7) is 0. The molecule has 106 valence electrons. The van der Waals surface area contributed by atoms with Crippen LogP contribution >= 0.6 is 11.3 Å². The number of para-hydroxylation sites is 2. The average molecular weight is 295 g/mol. The molecule has 0 fully saturated rings. The summed E-state index contributed by atoms with van der Waals surface area (Å²) in [5, 5.41) is 5.95. The molecule has 1 atom stereocenters. The Balaban J connectivity index is 1.68. The second-order valence-electron chi connectivity index (χ2n) is 5.38. The molecule has 3 aromatic rings. The Hall–Kier alpha value is -2.07. The van der Waals surface area contributed by atoms with Crippen LogP contribution in [0.15, 0.2) is 54.4 Å². The molecule has 0 saturated carbocycles. The van der Waals surface area contributed by atoms with E-state index in [1.54, 1.807) is 4.88 Å². The molecule has 3 nitrogen and oxygen atoms in total. The number of hydrogen-bond acceptors (Lipinski definition) is 3. The summed E-state index contributed by atoms with van der Waals surface area (Å²) >= 11 is 1.89. The molecule has 4 heteroatoms. The molecule has 0 spiro atoms. The van der Waals surface area contributed by atoms with Crippen LogP contribution in [0.25, 0.3) is 5.69 Å². The molecule has 1 N–H and O–H groups in total. The predicted octanol–water partition coefficient (Wildman–Crippen LogP) is 4.42. The topological polar surface area (TPSA) is 29.9 Å². The summed E-state index contributed by atoms with van der Waals surface area (Å²) in [6, 6.07) is 11.1. The molecule has 0 radical (unpaired) electrons. The van der Waals surface area contributed by atoms with Gasteiger partial charge in [-0.1, -0.05) is 12.1 Å². The van der Waals surface area contributed by atoms with E-state index in [4.69, 9.17) is 0 Å². The fourth-order valence-corrected chi connectivity index (χ4v) is 4.03. The van der Waals surface area contributed by atoms with Gasteiger partial charge in [0.1, 0.15) is 0 Å². The van der Waals surface area contributed by atoms with Gasteiger partial charge in [0, 0.05) is 17.3 Å². The first kappa shape index (κ1) is 12.7. The summed E-state index contributed by atoms with van der Waals surface area (Å²) in [5.41, 5.74) is 3.79. The zero-order chi connectivity index (χ0) is 14.1. The van der Waals surface area contributed by atoms with Crippen molar-refractivity contribution in [3.05, 3.63) is 64.9 Å². The van der Waals surface area contributed by atoms with Crippen LogP contribution < -0.4 is 5.32 Å². The van der Waals surface area contributed by atoms with Crippen molar-refractivity contribution in [2.75, 3.05) is 5.32 Å². The first-order chi connectivity index (χ1) is 10.4. The van der Waals surface area contributed by atoms with Crippen LogP contribution in [-0.2, 0) is 6.42 Å². The monoisotopic (exact) mass is 295 g/mol. The normalized spacial score (nSPS) is 17.4. The number of imidazole rings is 1. The van der Waals surface area contributed by atoms with Crippen molar-refractivity contribution >= 4 is 17.0 Å². The molecule has 1 aromatic carbocycles. The SMILES string of the molecule is c1ccc(-n2ccnc2)c(NC2CCCc3sccc32)c1. The maximum atomic E-state index is 4.15. The molecule has 4 rings (SSSR count). The number of nitrogens with zero attached hydrogens (tertiary/aromatic N) is 2. The van der Waals surface area contributed by atoms with E-state index < -0.39 is 0 Å². The van der Waals surface area contributed by atoms with Crippen LogP contribution in [0.2, 0.25) is 0 Å². The number of rotatable bonds is 3. The highest BCUT2D eigenvalue weighted by Gasteiger charge is 2.21. The second kappa shape index (κ2) is 5.37. The van der Waals surface area contributed by atoms with Crippen LogP contribution in [0, 0.1) is 0 Å². The van der Waals surface area contributed by atoms with Crippen molar-refractivity contribution in [2.45, 2.75) is 25.3 Å². The number of hydrogen-bond donors (Lipinski definition) is 1. The first-order valence-electron chi connectivity index (χ1n) is 7.32. The molecule has 1 aliphatic rings. The van der Waals surface area contributed by atoms with Gasteiger partial charge in [-0.2, -0.15) is 0 Å². The van der Waals surface area contributed by atoms with Gasteiger partial charge >= 0.3 is 0 Å². The summed E-state index contributed by atoms with van der Waals surface area (Å²) in [6.07, 6.45) is 9.33. The van der Waals surface area contributed by atoms with Crippen molar-refractivity contribution < 1.29 is 0 Å². The number of benzene rings is 1. The lowest BCUT2D eigenvalue weighted by molar-refractivity contribution is 0.608. The van der Waals surface area contributed by atoms with E-state index in [1.165, 1.54) is 30.5 Å². The highest BCUT2D eigenvalue weighted by molar-refractivity contribution is 7.10. The fourth-order valence-electron chi connectivity index (χ4n) is 3.05. The third-order valence-electron chi connectivity index (χ3n) is 4.07. The zero-order valence-electron chi connectivity index (χ0n) is 11.7. The van der Waals surface area contributed by atoms with Crippen LogP contribution in [0.4, 0.5) is 5.69 Å². The van der Waals surface area contributed by atoms with Gasteiger partial charge in [0.2, 0.25) is 0 Å². The summed E-state index contributed by atoms with van der Waals surface area (Å²) in [7, 11) is 0. The third-order valence-corrected chi connectivity index (χ3v) is 5.06. The molecule has 1 aliphatic carbocycles. The minimum absolute atomic E-state index is 0.421. The Bertz CT molecular complexity index is 730. The number of fused-ring (bicyclic) bond motifs is 1. The first-order valence-corrected chi connectivity index (χ1v) is 8.20. The van der Waals surface area contributed by atoms with Crippen LogP contribution in [-0.4, -0.2) is 9.55 Å². The lowest BCUT2D eigenvalue weighted by atomic mass is 9.94. The second-order valence-corrected chi connectivity index (χ2v) is 6.38. The molecule has 0 saturated heterocycles. The number of nitrogens with one attached hydrogen (secondary N) is 1. The highest BCUT2D eigenvalue weighted by Crippen LogP contribution is 2.36.